The van der Waals surface area contributed by atoms with E-state index in [4.69, 9.17) is 4.74 Å². The van der Waals surface area contributed by atoms with Crippen molar-refractivity contribution < 1.29 is 17.9 Å². The monoisotopic (exact) mass is 490 g/mol. The highest BCUT2D eigenvalue weighted by Gasteiger charge is 2.26. The average Bonchev–Trinajstić information content (AvgIpc) is 3.26. The molecule has 1 fully saturated rings. The summed E-state index contributed by atoms with van der Waals surface area (Å²) in [7, 11) is -3.53. The van der Waals surface area contributed by atoms with Crippen molar-refractivity contribution in [2.24, 2.45) is 0 Å². The molecule has 0 aliphatic carbocycles. The van der Waals surface area contributed by atoms with Gasteiger partial charge in [0.05, 0.1) is 29.1 Å². The first-order valence-corrected chi connectivity index (χ1v) is 13.0. The lowest BCUT2D eigenvalue weighted by Gasteiger charge is -2.26. The topological polar surface area (TPSA) is 93.5 Å². The van der Waals surface area contributed by atoms with E-state index < -0.39 is 10.0 Å². The summed E-state index contributed by atoms with van der Waals surface area (Å²) in [5.41, 5.74) is 3.50. The van der Waals surface area contributed by atoms with Crippen LogP contribution in [0.1, 0.15) is 12.0 Å². The van der Waals surface area contributed by atoms with Gasteiger partial charge in [-0.1, -0.05) is 42.5 Å². The van der Waals surface area contributed by atoms with Crippen LogP contribution in [0.5, 0.6) is 0 Å². The van der Waals surface area contributed by atoms with E-state index in [-0.39, 0.29) is 17.2 Å². The zero-order chi connectivity index (χ0) is 24.3. The highest BCUT2D eigenvalue weighted by Crippen LogP contribution is 2.25. The number of hydrogen-bond acceptors (Lipinski definition) is 5. The predicted octanol–water partition coefficient (Wildman–Crippen LogP) is 3.62. The predicted molar refractivity (Wildman–Crippen MR) is 134 cm³/mol. The molecule has 1 saturated heterocycles. The summed E-state index contributed by atoms with van der Waals surface area (Å²) >= 11 is 0. The normalized spacial score (nSPS) is 14.7. The number of anilines is 1. The van der Waals surface area contributed by atoms with Gasteiger partial charge < -0.3 is 4.74 Å². The summed E-state index contributed by atoms with van der Waals surface area (Å²) < 4.78 is 34.2. The fraction of sp³-hybridized carbons (Fsp3) is 0.231. The van der Waals surface area contributed by atoms with Gasteiger partial charge in [0.25, 0.3) is 0 Å². The Morgan fingerprint density at radius 3 is 2.34 bits per heavy atom. The lowest BCUT2D eigenvalue weighted by molar-refractivity contribution is -0.116. The number of aryl methyl sites for hydroxylation is 1. The molecular weight excluding hydrogens is 464 g/mol. The Morgan fingerprint density at radius 1 is 0.914 bits per heavy atom. The SMILES string of the molecule is O=C(CCc1ccc(S(=O)(=O)N2CCOCC2)cc1)Nc1nc2ccccc2n1-c1ccccc1. The van der Waals surface area contributed by atoms with Crippen molar-refractivity contribution in [3.05, 3.63) is 84.4 Å². The minimum Gasteiger partial charge on any atom is -0.379 e. The standard InChI is InChI=1S/C26H26N4O4S/c31-25(15-12-20-10-13-22(14-11-20)35(32,33)29-16-18-34-19-17-29)28-26-27-23-8-4-5-9-24(23)30(26)21-6-2-1-3-7-21/h1-11,13-14H,12,15-19H2,(H,27,28,31). The summed E-state index contributed by atoms with van der Waals surface area (Å²) in [6.07, 6.45) is 0.725. The molecule has 0 bridgehead atoms. The van der Waals surface area contributed by atoms with Crippen molar-refractivity contribution in [3.63, 3.8) is 0 Å². The number of amides is 1. The molecule has 1 N–H and O–H groups in total. The lowest BCUT2D eigenvalue weighted by atomic mass is 10.1. The third kappa shape index (κ3) is 4.97. The minimum atomic E-state index is -3.53. The minimum absolute atomic E-state index is 0.164. The van der Waals surface area contributed by atoms with Crippen molar-refractivity contribution in [2.75, 3.05) is 31.6 Å². The molecule has 1 amide bonds. The van der Waals surface area contributed by atoms with Crippen molar-refractivity contribution >= 4 is 32.9 Å². The number of hydrogen-bond donors (Lipinski definition) is 1. The third-order valence-electron chi connectivity index (χ3n) is 6.00. The van der Waals surface area contributed by atoms with Crippen LogP contribution in [-0.2, 0) is 26.0 Å². The molecule has 1 aliphatic rings. The van der Waals surface area contributed by atoms with Gasteiger partial charge in [0, 0.05) is 25.2 Å². The van der Waals surface area contributed by atoms with E-state index in [0.29, 0.717) is 38.7 Å². The van der Waals surface area contributed by atoms with E-state index in [1.54, 1.807) is 24.3 Å². The average molecular weight is 491 g/mol. The summed E-state index contributed by atoms with van der Waals surface area (Å²) in [6, 6.07) is 24.2. The molecule has 2 heterocycles. The lowest BCUT2D eigenvalue weighted by Crippen LogP contribution is -2.40. The number of carbonyl (C=O) groups excluding carboxylic acids is 1. The van der Waals surface area contributed by atoms with Gasteiger partial charge in [0.1, 0.15) is 0 Å². The molecule has 1 aromatic heterocycles. The van der Waals surface area contributed by atoms with Gasteiger partial charge in [-0.2, -0.15) is 4.31 Å². The number of morpholine rings is 1. The van der Waals surface area contributed by atoms with E-state index in [9.17, 15) is 13.2 Å². The molecule has 9 heteroatoms. The molecule has 3 aromatic carbocycles. The van der Waals surface area contributed by atoms with Crippen LogP contribution in [0, 0.1) is 0 Å². The van der Waals surface area contributed by atoms with Crippen molar-refractivity contribution in [2.45, 2.75) is 17.7 Å². The molecule has 35 heavy (non-hydrogen) atoms. The highest BCUT2D eigenvalue weighted by atomic mass is 32.2. The molecule has 0 saturated carbocycles. The van der Waals surface area contributed by atoms with E-state index in [1.807, 2.05) is 59.2 Å². The van der Waals surface area contributed by atoms with Gasteiger partial charge in [-0.15, -0.1) is 0 Å². The van der Waals surface area contributed by atoms with Gasteiger partial charge in [-0.25, -0.2) is 13.4 Å². The van der Waals surface area contributed by atoms with Gasteiger partial charge in [0.15, 0.2) is 0 Å². The Hall–Kier alpha value is -3.53. The zero-order valence-corrected chi connectivity index (χ0v) is 19.9. The van der Waals surface area contributed by atoms with E-state index >= 15 is 0 Å². The number of ether oxygens (including phenoxy) is 1. The summed E-state index contributed by atoms with van der Waals surface area (Å²) in [5, 5.41) is 2.95. The number of rotatable bonds is 7. The van der Waals surface area contributed by atoms with Crippen LogP contribution in [0.2, 0.25) is 0 Å². The van der Waals surface area contributed by atoms with Crippen molar-refractivity contribution in [1.29, 1.82) is 0 Å². The maximum Gasteiger partial charge on any atom is 0.243 e. The smallest absolute Gasteiger partial charge is 0.243 e. The van der Waals surface area contributed by atoms with Crippen LogP contribution in [0.25, 0.3) is 16.7 Å². The quantitative estimate of drug-likeness (QED) is 0.427. The number of carbonyl (C=O) groups is 1. The van der Waals surface area contributed by atoms with Crippen molar-refractivity contribution in [1.82, 2.24) is 13.9 Å². The van der Waals surface area contributed by atoms with Crippen LogP contribution >= 0.6 is 0 Å². The Labute approximate surface area is 204 Å². The molecule has 5 rings (SSSR count). The third-order valence-corrected chi connectivity index (χ3v) is 7.91. The maximum atomic E-state index is 12.8. The molecule has 0 radical (unpaired) electrons. The number of para-hydroxylation sites is 3. The van der Waals surface area contributed by atoms with Gasteiger partial charge >= 0.3 is 0 Å². The summed E-state index contributed by atoms with van der Waals surface area (Å²) in [4.78, 5) is 17.7. The number of benzene rings is 3. The molecule has 8 nitrogen and oxygen atoms in total. The van der Waals surface area contributed by atoms with E-state index in [0.717, 1.165) is 22.3 Å². The molecule has 180 valence electrons. The highest BCUT2D eigenvalue weighted by molar-refractivity contribution is 7.89. The second-order valence-corrected chi connectivity index (χ2v) is 10.2. The molecule has 4 aromatic rings. The first-order chi connectivity index (χ1) is 17.0. The Kier molecular flexibility index (Phi) is 6.63. The van der Waals surface area contributed by atoms with Crippen LogP contribution < -0.4 is 5.32 Å². The zero-order valence-electron chi connectivity index (χ0n) is 19.1. The fourth-order valence-electron chi connectivity index (χ4n) is 4.16. The summed E-state index contributed by atoms with van der Waals surface area (Å²) in [5.74, 6) is 0.303. The van der Waals surface area contributed by atoms with Crippen LogP contribution in [0.4, 0.5) is 5.95 Å². The first kappa shape index (κ1) is 23.2. The molecule has 0 spiro atoms. The summed E-state index contributed by atoms with van der Waals surface area (Å²) in [6.45, 7) is 1.53. The van der Waals surface area contributed by atoms with E-state index in [1.165, 1.54) is 4.31 Å². The Balaban J connectivity index is 1.27. The Morgan fingerprint density at radius 2 is 1.60 bits per heavy atom. The van der Waals surface area contributed by atoms with Gasteiger partial charge in [-0.05, 0) is 48.4 Å². The van der Waals surface area contributed by atoms with Crippen LogP contribution in [0.15, 0.2) is 83.8 Å². The van der Waals surface area contributed by atoms with Gasteiger partial charge in [-0.3, -0.25) is 14.7 Å². The second kappa shape index (κ2) is 9.99. The molecule has 1 aliphatic heterocycles. The molecular formula is C26H26N4O4S. The van der Waals surface area contributed by atoms with E-state index in [2.05, 4.69) is 10.3 Å². The number of nitrogens with zero attached hydrogens (tertiary/aromatic N) is 3. The fourth-order valence-corrected chi connectivity index (χ4v) is 5.57. The maximum absolute atomic E-state index is 12.8. The number of aromatic nitrogens is 2. The van der Waals surface area contributed by atoms with Crippen LogP contribution in [0.3, 0.4) is 0 Å². The number of fused-ring (bicyclic) bond motifs is 1. The second-order valence-electron chi connectivity index (χ2n) is 8.30. The number of imidazole rings is 1. The van der Waals surface area contributed by atoms with Crippen molar-refractivity contribution in [3.8, 4) is 5.69 Å². The number of nitrogens with one attached hydrogen (secondary N) is 1. The molecule has 0 atom stereocenters. The molecule has 0 unspecified atom stereocenters. The van der Waals surface area contributed by atoms with Gasteiger partial charge in [0.2, 0.25) is 21.9 Å². The largest absolute Gasteiger partial charge is 0.379 e. The Bertz CT molecular complexity index is 1430. The van der Waals surface area contributed by atoms with Crippen LogP contribution in [-0.4, -0.2) is 54.5 Å². The number of sulfonamides is 1. The first-order valence-electron chi connectivity index (χ1n) is 11.5.